The summed E-state index contributed by atoms with van der Waals surface area (Å²) in [5.74, 6) is -0.381. The topological polar surface area (TPSA) is 53.0 Å². The van der Waals surface area contributed by atoms with Gasteiger partial charge in [0.2, 0.25) is 5.91 Å². The maximum absolute atomic E-state index is 13.4. The molecule has 2 heterocycles. The molecule has 222 valence electrons. The highest BCUT2D eigenvalue weighted by molar-refractivity contribution is 5.85. The lowest BCUT2D eigenvalue weighted by Crippen LogP contribution is -2.50. The Balaban J connectivity index is 0.00000441. The normalized spacial score (nSPS) is 22.1. The van der Waals surface area contributed by atoms with Crippen molar-refractivity contribution in [3.63, 3.8) is 0 Å². The van der Waals surface area contributed by atoms with Gasteiger partial charge < -0.3 is 14.7 Å². The zero-order chi connectivity index (χ0) is 28.4. The first-order valence-electron chi connectivity index (χ1n) is 13.0. The lowest BCUT2D eigenvalue weighted by molar-refractivity contribution is -0.143. The van der Waals surface area contributed by atoms with Gasteiger partial charge in [-0.25, -0.2) is 0 Å². The number of alkyl halides is 6. The number of rotatable bonds is 6. The molecule has 0 spiro atoms. The lowest BCUT2D eigenvalue weighted by atomic mass is 9.87. The molecule has 1 amide bonds. The number of halogens is 7. The predicted octanol–water partition coefficient (Wildman–Crippen LogP) is 6.07. The maximum atomic E-state index is 13.4. The van der Waals surface area contributed by atoms with Crippen LogP contribution in [0.15, 0.2) is 48.5 Å². The van der Waals surface area contributed by atoms with E-state index in [-0.39, 0.29) is 48.5 Å². The summed E-state index contributed by atoms with van der Waals surface area (Å²) in [6.45, 7) is 3.59. The average molecular weight is 595 g/mol. The maximum Gasteiger partial charge on any atom is 0.416 e. The van der Waals surface area contributed by atoms with Gasteiger partial charge in [-0.3, -0.25) is 9.69 Å². The number of likely N-dealkylation sites (tertiary alicyclic amines) is 2. The monoisotopic (exact) mass is 594 g/mol. The van der Waals surface area contributed by atoms with Crippen molar-refractivity contribution < 1.29 is 41.0 Å². The van der Waals surface area contributed by atoms with Gasteiger partial charge >= 0.3 is 12.4 Å². The van der Waals surface area contributed by atoms with E-state index in [2.05, 4.69) is 0 Å². The molecule has 2 fully saturated rings. The van der Waals surface area contributed by atoms with Gasteiger partial charge in [-0.1, -0.05) is 30.3 Å². The average Bonchev–Trinajstić information content (AvgIpc) is 2.89. The smallest absolute Gasteiger partial charge is 0.393 e. The van der Waals surface area contributed by atoms with Gasteiger partial charge in [0.15, 0.2) is 0 Å². The Morgan fingerprint density at radius 3 is 2.08 bits per heavy atom. The second kappa shape index (κ2) is 13.1. The molecular formula is C28H33ClF6N2O3. The van der Waals surface area contributed by atoms with Crippen LogP contribution >= 0.6 is 12.4 Å². The number of ether oxygens (including phenoxy) is 1. The number of aliphatic hydroxyl groups is 1. The van der Waals surface area contributed by atoms with Crippen LogP contribution in [-0.4, -0.2) is 65.7 Å². The lowest BCUT2D eigenvalue weighted by Gasteiger charge is -2.41. The number of nitrogens with zero attached hydrogens (tertiary/aromatic N) is 2. The predicted molar refractivity (Wildman–Crippen MR) is 139 cm³/mol. The molecule has 0 saturated carbocycles. The van der Waals surface area contributed by atoms with Crippen molar-refractivity contribution in [2.24, 2.45) is 0 Å². The molecule has 12 heteroatoms. The third-order valence-corrected chi connectivity index (χ3v) is 7.50. The molecule has 2 aliphatic heterocycles. The second-order valence-electron chi connectivity index (χ2n) is 10.3. The largest absolute Gasteiger partial charge is 0.416 e. The molecule has 0 bridgehead atoms. The standard InChI is InChI=1S/C28H32F6N2O3.ClH/c1-18(20-13-21(27(29,30)31)15-22(14-20)28(32,33)34)39-25-9-12-36(16-24(25)19-5-3-2-4-6-19)26(38)17-35-10-7-23(37)8-11-35;/h2-6,13-15,18,23-25,37H,7-12,16-17H2,1H3;1H. The molecule has 2 aromatic carbocycles. The first kappa shape index (κ1) is 32.2. The molecule has 1 N–H and O–H groups in total. The Morgan fingerprint density at radius 1 is 0.950 bits per heavy atom. The molecule has 0 radical (unpaired) electrons. The van der Waals surface area contributed by atoms with Crippen molar-refractivity contribution in [2.75, 3.05) is 32.7 Å². The van der Waals surface area contributed by atoms with Crippen LogP contribution in [0.25, 0.3) is 0 Å². The summed E-state index contributed by atoms with van der Waals surface area (Å²) in [6, 6.07) is 10.7. The number of piperidine rings is 2. The molecular weight excluding hydrogens is 562 g/mol. The van der Waals surface area contributed by atoms with Crippen molar-refractivity contribution in [1.29, 1.82) is 0 Å². The Hall–Kier alpha value is -2.34. The molecule has 3 unspecified atom stereocenters. The highest BCUT2D eigenvalue weighted by atomic mass is 35.5. The van der Waals surface area contributed by atoms with Crippen LogP contribution < -0.4 is 0 Å². The first-order chi connectivity index (χ1) is 18.3. The van der Waals surface area contributed by atoms with E-state index in [1.165, 1.54) is 6.92 Å². The fraction of sp³-hybridized carbons (Fsp3) is 0.536. The van der Waals surface area contributed by atoms with E-state index in [0.29, 0.717) is 57.6 Å². The minimum atomic E-state index is -4.94. The number of hydrogen-bond donors (Lipinski definition) is 1. The minimum absolute atomic E-state index is 0. The molecule has 4 rings (SSSR count). The molecule has 2 aromatic rings. The van der Waals surface area contributed by atoms with E-state index in [0.717, 1.165) is 5.56 Å². The van der Waals surface area contributed by atoms with E-state index >= 15 is 0 Å². The molecule has 3 atom stereocenters. The quantitative estimate of drug-likeness (QED) is 0.413. The fourth-order valence-electron chi connectivity index (χ4n) is 5.26. The van der Waals surface area contributed by atoms with Crippen LogP contribution in [0.2, 0.25) is 0 Å². The molecule has 5 nitrogen and oxygen atoms in total. The number of hydrogen-bond acceptors (Lipinski definition) is 4. The summed E-state index contributed by atoms with van der Waals surface area (Å²) in [7, 11) is 0. The van der Waals surface area contributed by atoms with E-state index in [1.807, 2.05) is 35.2 Å². The van der Waals surface area contributed by atoms with Gasteiger partial charge in [-0.15, -0.1) is 12.4 Å². The highest BCUT2D eigenvalue weighted by Gasteiger charge is 2.39. The van der Waals surface area contributed by atoms with Crippen LogP contribution in [0.4, 0.5) is 26.3 Å². The third-order valence-electron chi connectivity index (χ3n) is 7.50. The van der Waals surface area contributed by atoms with Gasteiger partial charge in [0.25, 0.3) is 0 Å². The summed E-state index contributed by atoms with van der Waals surface area (Å²) < 4.78 is 86.5. The molecule has 2 saturated heterocycles. The van der Waals surface area contributed by atoms with E-state index in [9.17, 15) is 36.2 Å². The van der Waals surface area contributed by atoms with Gasteiger partial charge in [0.05, 0.1) is 36.0 Å². The molecule has 0 aliphatic carbocycles. The Labute approximate surface area is 235 Å². The van der Waals surface area contributed by atoms with Crippen molar-refractivity contribution in [1.82, 2.24) is 9.80 Å². The van der Waals surface area contributed by atoms with Crippen molar-refractivity contribution >= 4 is 18.3 Å². The summed E-state index contributed by atoms with van der Waals surface area (Å²) >= 11 is 0. The second-order valence-corrected chi connectivity index (χ2v) is 10.3. The van der Waals surface area contributed by atoms with Gasteiger partial charge in [0.1, 0.15) is 0 Å². The molecule has 2 aliphatic rings. The van der Waals surface area contributed by atoms with Crippen molar-refractivity contribution in [3.05, 3.63) is 70.8 Å². The van der Waals surface area contributed by atoms with Gasteiger partial charge in [-0.05, 0) is 55.5 Å². The summed E-state index contributed by atoms with van der Waals surface area (Å²) in [5.41, 5.74) is -2.11. The first-order valence-corrected chi connectivity index (χ1v) is 13.0. The van der Waals surface area contributed by atoms with Crippen molar-refractivity contribution in [2.45, 2.75) is 62.8 Å². The Bertz CT molecular complexity index is 1090. The number of carbonyl (C=O) groups is 1. The Kier molecular flexibility index (Phi) is 10.5. The van der Waals surface area contributed by atoms with Crippen LogP contribution in [0.1, 0.15) is 60.5 Å². The fourth-order valence-corrected chi connectivity index (χ4v) is 5.26. The summed E-state index contributed by atoms with van der Waals surface area (Å²) in [5, 5.41) is 9.72. The van der Waals surface area contributed by atoms with E-state index < -0.39 is 35.7 Å². The van der Waals surface area contributed by atoms with Gasteiger partial charge in [-0.2, -0.15) is 26.3 Å². The number of carbonyl (C=O) groups excluding carboxylic acids is 1. The number of aliphatic hydroxyl groups excluding tert-OH is 1. The zero-order valence-electron chi connectivity index (χ0n) is 21.9. The highest BCUT2D eigenvalue weighted by Crippen LogP contribution is 2.39. The Morgan fingerprint density at radius 2 is 1.52 bits per heavy atom. The van der Waals surface area contributed by atoms with Crippen LogP contribution in [0.3, 0.4) is 0 Å². The number of benzene rings is 2. The molecule has 0 aromatic heterocycles. The minimum Gasteiger partial charge on any atom is -0.393 e. The zero-order valence-corrected chi connectivity index (χ0v) is 22.7. The third kappa shape index (κ3) is 8.11. The van der Waals surface area contributed by atoms with Crippen molar-refractivity contribution in [3.8, 4) is 0 Å². The summed E-state index contributed by atoms with van der Waals surface area (Å²) in [4.78, 5) is 16.8. The van der Waals surface area contributed by atoms with Gasteiger partial charge in [0, 0.05) is 32.1 Å². The van der Waals surface area contributed by atoms with Crippen LogP contribution in [0, 0.1) is 0 Å². The van der Waals surface area contributed by atoms with E-state index in [1.54, 1.807) is 4.90 Å². The summed E-state index contributed by atoms with van der Waals surface area (Å²) in [6.07, 6.45) is -10.2. The van der Waals surface area contributed by atoms with Crippen LogP contribution in [-0.2, 0) is 21.9 Å². The SMILES string of the molecule is CC(OC1CCN(C(=O)CN2CCC(O)CC2)CC1c1ccccc1)c1cc(C(F)(F)F)cc(C(F)(F)F)c1.Cl. The molecule has 40 heavy (non-hydrogen) atoms. The van der Waals surface area contributed by atoms with E-state index in [4.69, 9.17) is 4.74 Å². The van der Waals surface area contributed by atoms with Crippen LogP contribution in [0.5, 0.6) is 0 Å². The number of amides is 1.